The molecule has 1 aromatic carbocycles. The molecule has 3 rings (SSSR count). The highest BCUT2D eigenvalue weighted by molar-refractivity contribution is 6.36. The first-order valence-corrected chi connectivity index (χ1v) is 9.22. The predicted molar refractivity (Wildman–Crippen MR) is 110 cm³/mol. The van der Waals surface area contributed by atoms with Gasteiger partial charge in [-0.05, 0) is 31.2 Å². The van der Waals surface area contributed by atoms with Gasteiger partial charge in [-0.15, -0.1) is 0 Å². The Balaban J connectivity index is 1.75. The van der Waals surface area contributed by atoms with Crippen LogP contribution in [0.1, 0.15) is 18.7 Å². The lowest BCUT2D eigenvalue weighted by Crippen LogP contribution is -2.17. The van der Waals surface area contributed by atoms with Crippen LogP contribution >= 0.6 is 23.2 Å². The average molecular weight is 421 g/mol. The fourth-order valence-electron chi connectivity index (χ4n) is 2.84. The second-order valence-electron chi connectivity index (χ2n) is 6.17. The normalized spacial score (nSPS) is 12.0. The number of nitrogens with two attached hydrogens (primary N) is 1. The number of halogens is 2. The maximum Gasteiger partial charge on any atom is 0.287 e. The topological polar surface area (TPSA) is 112 Å². The number of anilines is 1. The van der Waals surface area contributed by atoms with Crippen molar-refractivity contribution in [1.82, 2.24) is 14.5 Å². The Morgan fingerprint density at radius 3 is 2.68 bits per heavy atom. The third-order valence-electron chi connectivity index (χ3n) is 4.11. The molecular formula is C18H18Cl2N6O2. The molecule has 0 saturated heterocycles. The lowest BCUT2D eigenvalue weighted by atomic mass is 10.1. The summed E-state index contributed by atoms with van der Waals surface area (Å²) in [6.07, 6.45) is 2.93. The molecule has 0 aliphatic rings. The molecule has 8 nitrogen and oxygen atoms in total. The van der Waals surface area contributed by atoms with Crippen molar-refractivity contribution in [1.29, 1.82) is 0 Å². The number of nitrogens with zero attached hydrogens (tertiary/aromatic N) is 4. The van der Waals surface area contributed by atoms with Crippen molar-refractivity contribution in [2.24, 2.45) is 5.73 Å². The van der Waals surface area contributed by atoms with Crippen LogP contribution in [-0.2, 0) is 6.54 Å². The van der Waals surface area contributed by atoms with E-state index in [2.05, 4.69) is 15.3 Å². The highest BCUT2D eigenvalue weighted by atomic mass is 35.5. The van der Waals surface area contributed by atoms with Gasteiger partial charge in [-0.2, -0.15) is 0 Å². The van der Waals surface area contributed by atoms with Gasteiger partial charge in [0.25, 0.3) is 5.69 Å². The molecule has 146 valence electrons. The molecule has 28 heavy (non-hydrogen) atoms. The minimum absolute atomic E-state index is 0.0520. The summed E-state index contributed by atoms with van der Waals surface area (Å²) >= 11 is 12.3. The Kier molecular flexibility index (Phi) is 6.13. The summed E-state index contributed by atoms with van der Waals surface area (Å²) in [4.78, 5) is 18.7. The van der Waals surface area contributed by atoms with E-state index in [0.29, 0.717) is 34.6 Å². The first kappa shape index (κ1) is 20.1. The molecule has 3 aromatic rings. The summed E-state index contributed by atoms with van der Waals surface area (Å²) in [6, 6.07) is 7.96. The summed E-state index contributed by atoms with van der Waals surface area (Å²) in [5.41, 5.74) is 8.46. The molecule has 1 unspecified atom stereocenters. The summed E-state index contributed by atoms with van der Waals surface area (Å²) < 4.78 is 1.95. The Labute approximate surface area is 171 Å². The van der Waals surface area contributed by atoms with Gasteiger partial charge >= 0.3 is 0 Å². The van der Waals surface area contributed by atoms with Crippen molar-refractivity contribution < 1.29 is 4.92 Å². The second-order valence-corrected chi connectivity index (χ2v) is 7.01. The molecule has 2 aromatic heterocycles. The zero-order valence-corrected chi connectivity index (χ0v) is 16.5. The lowest BCUT2D eigenvalue weighted by molar-refractivity contribution is -0.385. The van der Waals surface area contributed by atoms with Crippen molar-refractivity contribution >= 4 is 34.7 Å². The van der Waals surface area contributed by atoms with Crippen LogP contribution in [0.15, 0.2) is 42.9 Å². The highest BCUT2D eigenvalue weighted by Crippen LogP contribution is 2.33. The Bertz CT molecular complexity index is 988. The zero-order valence-electron chi connectivity index (χ0n) is 15.0. The maximum atomic E-state index is 10.7. The summed E-state index contributed by atoms with van der Waals surface area (Å²) in [7, 11) is 0. The van der Waals surface area contributed by atoms with Gasteiger partial charge in [0.2, 0.25) is 0 Å². The van der Waals surface area contributed by atoms with Crippen molar-refractivity contribution in [3.63, 3.8) is 0 Å². The molecule has 0 aliphatic heterocycles. The molecular weight excluding hydrogens is 403 g/mol. The van der Waals surface area contributed by atoms with Crippen LogP contribution in [0.25, 0.3) is 11.3 Å². The fraction of sp³-hybridized carbons (Fsp3) is 0.222. The fourth-order valence-corrected chi connectivity index (χ4v) is 3.34. The van der Waals surface area contributed by atoms with Crippen LogP contribution in [0.5, 0.6) is 0 Å². The maximum absolute atomic E-state index is 10.7. The van der Waals surface area contributed by atoms with Crippen molar-refractivity contribution in [3.05, 3.63) is 68.7 Å². The van der Waals surface area contributed by atoms with Crippen LogP contribution in [-0.4, -0.2) is 26.0 Å². The molecule has 0 radical (unpaired) electrons. The van der Waals surface area contributed by atoms with E-state index in [0.717, 1.165) is 11.3 Å². The molecule has 0 aliphatic carbocycles. The van der Waals surface area contributed by atoms with E-state index in [1.807, 2.05) is 17.6 Å². The monoisotopic (exact) mass is 420 g/mol. The molecule has 0 fully saturated rings. The van der Waals surface area contributed by atoms with Crippen LogP contribution in [0.2, 0.25) is 10.0 Å². The SMILES string of the molecule is CC(N)c1c(-c2ccc(Cl)cc2Cl)ncn1CCNc1ccc([N+](=O)[O-])cn1. The van der Waals surface area contributed by atoms with E-state index < -0.39 is 4.92 Å². The standard InChI is InChI=1S/C18H18Cl2N6O2/c1-11(21)18-17(14-4-2-12(19)8-15(14)20)24-10-25(18)7-6-22-16-5-3-13(9-23-16)26(27)28/h2-5,8-11H,6-7,21H2,1H3,(H,22,23). The Hall–Kier alpha value is -2.68. The van der Waals surface area contributed by atoms with Gasteiger partial charge in [0, 0.05) is 35.8 Å². The summed E-state index contributed by atoms with van der Waals surface area (Å²) in [6.45, 7) is 2.99. The van der Waals surface area contributed by atoms with Gasteiger partial charge in [0.1, 0.15) is 12.0 Å². The lowest BCUT2D eigenvalue weighted by Gasteiger charge is -2.14. The number of pyridine rings is 1. The molecule has 1 atom stereocenters. The van der Waals surface area contributed by atoms with Gasteiger partial charge in [0.15, 0.2) is 0 Å². The van der Waals surface area contributed by atoms with Gasteiger partial charge < -0.3 is 15.6 Å². The van der Waals surface area contributed by atoms with Crippen molar-refractivity contribution in [3.8, 4) is 11.3 Å². The zero-order chi connectivity index (χ0) is 20.3. The number of aromatic nitrogens is 3. The van der Waals surface area contributed by atoms with Gasteiger partial charge in [-0.3, -0.25) is 10.1 Å². The molecule has 10 heteroatoms. The van der Waals surface area contributed by atoms with E-state index in [-0.39, 0.29) is 11.7 Å². The first-order chi connectivity index (χ1) is 13.4. The van der Waals surface area contributed by atoms with Crippen LogP contribution < -0.4 is 11.1 Å². The van der Waals surface area contributed by atoms with Crippen molar-refractivity contribution in [2.75, 3.05) is 11.9 Å². The number of rotatable bonds is 7. The first-order valence-electron chi connectivity index (χ1n) is 8.47. The number of nitrogens with one attached hydrogen (secondary N) is 1. The van der Waals surface area contributed by atoms with E-state index in [1.54, 1.807) is 24.5 Å². The number of hydrogen-bond donors (Lipinski definition) is 2. The van der Waals surface area contributed by atoms with Crippen LogP contribution in [0, 0.1) is 10.1 Å². The van der Waals surface area contributed by atoms with E-state index in [1.165, 1.54) is 12.3 Å². The Morgan fingerprint density at radius 2 is 2.07 bits per heavy atom. The summed E-state index contributed by atoms with van der Waals surface area (Å²) in [5, 5.41) is 14.9. The molecule has 3 N–H and O–H groups in total. The smallest absolute Gasteiger partial charge is 0.287 e. The number of nitro groups is 1. The van der Waals surface area contributed by atoms with Crippen LogP contribution in [0.4, 0.5) is 11.5 Å². The highest BCUT2D eigenvalue weighted by Gasteiger charge is 2.18. The quantitative estimate of drug-likeness (QED) is 0.435. The molecule has 0 amide bonds. The molecule has 2 heterocycles. The number of hydrogen-bond acceptors (Lipinski definition) is 6. The third kappa shape index (κ3) is 4.41. The van der Waals surface area contributed by atoms with Gasteiger partial charge in [-0.1, -0.05) is 23.2 Å². The van der Waals surface area contributed by atoms with Gasteiger partial charge in [-0.25, -0.2) is 9.97 Å². The minimum Gasteiger partial charge on any atom is -0.368 e. The third-order valence-corrected chi connectivity index (χ3v) is 4.66. The van der Waals surface area contributed by atoms with Gasteiger partial charge in [0.05, 0.1) is 27.7 Å². The molecule has 0 saturated carbocycles. The van der Waals surface area contributed by atoms with Crippen LogP contribution in [0.3, 0.4) is 0 Å². The average Bonchev–Trinajstić information content (AvgIpc) is 3.06. The van der Waals surface area contributed by atoms with E-state index >= 15 is 0 Å². The van der Waals surface area contributed by atoms with Crippen molar-refractivity contribution in [2.45, 2.75) is 19.5 Å². The minimum atomic E-state index is -0.486. The molecule has 0 spiro atoms. The predicted octanol–water partition coefficient (Wildman–Crippen LogP) is 4.29. The largest absolute Gasteiger partial charge is 0.368 e. The second kappa shape index (κ2) is 8.55. The molecule has 0 bridgehead atoms. The van der Waals surface area contributed by atoms with E-state index in [9.17, 15) is 10.1 Å². The van der Waals surface area contributed by atoms with E-state index in [4.69, 9.17) is 28.9 Å². The number of imidazole rings is 1. The Morgan fingerprint density at radius 1 is 1.29 bits per heavy atom. The number of benzene rings is 1. The summed E-state index contributed by atoms with van der Waals surface area (Å²) in [5.74, 6) is 0.550.